The lowest BCUT2D eigenvalue weighted by atomic mass is 10.4. The predicted octanol–water partition coefficient (Wildman–Crippen LogP) is 6.50. The van der Waals surface area contributed by atoms with Gasteiger partial charge in [-0.1, -0.05) is 59.8 Å². The summed E-state index contributed by atoms with van der Waals surface area (Å²) in [6.45, 7) is 10.5. The second-order valence-electron chi connectivity index (χ2n) is 7.32. The van der Waals surface area contributed by atoms with E-state index in [2.05, 4.69) is 27.7 Å². The maximum absolute atomic E-state index is 5.21. The maximum Gasteiger partial charge on any atom is 0.161 e. The molecule has 0 N–H and O–H groups in total. The van der Waals surface area contributed by atoms with Gasteiger partial charge in [0.15, 0.2) is 9.76 Å². The first kappa shape index (κ1) is 23.6. The van der Waals surface area contributed by atoms with E-state index in [0.717, 1.165) is 6.61 Å². The first-order valence-corrected chi connectivity index (χ1v) is 14.8. The quantitative estimate of drug-likeness (QED) is 0.284. The van der Waals surface area contributed by atoms with E-state index < -0.39 is 7.26 Å². The minimum absolute atomic E-state index is 0.00849. The maximum atomic E-state index is 5.21. The lowest BCUT2D eigenvalue weighted by Crippen LogP contribution is -2.12. The van der Waals surface area contributed by atoms with Gasteiger partial charge in [-0.2, -0.15) is 0 Å². The number of unbranched alkanes of at least 4 members (excludes halogenated alkanes) is 4. The number of rotatable bonds is 12. The van der Waals surface area contributed by atoms with Gasteiger partial charge in [0.2, 0.25) is 0 Å². The Labute approximate surface area is 151 Å². The van der Waals surface area contributed by atoms with Gasteiger partial charge in [-0.3, -0.25) is 0 Å². The highest BCUT2D eigenvalue weighted by molar-refractivity contribution is 7.75. The molecule has 0 amide bonds. The van der Waals surface area contributed by atoms with Crippen molar-refractivity contribution < 1.29 is 4.43 Å². The molecule has 0 saturated carbocycles. The van der Waals surface area contributed by atoms with Crippen molar-refractivity contribution in [1.29, 1.82) is 0 Å². The van der Waals surface area contributed by atoms with E-state index in [1.54, 1.807) is 24.6 Å². The standard InChI is InChI=1S/C16H36P.C4H10OSi/c1-5-9-13-17(14-10-6-2,15-11-7-3)16-12-8-4;1-2-4-6-5-3-1/h5-16H2,1-4H3;1-4,6H2/q+1;. The zero-order valence-electron chi connectivity index (χ0n) is 16.9. The van der Waals surface area contributed by atoms with E-state index in [1.165, 1.54) is 70.3 Å². The zero-order chi connectivity index (χ0) is 17.2. The summed E-state index contributed by atoms with van der Waals surface area (Å²) in [5, 5.41) is 0. The topological polar surface area (TPSA) is 9.23 Å². The summed E-state index contributed by atoms with van der Waals surface area (Å²) in [5.74, 6) is 0. The highest BCUT2D eigenvalue weighted by Gasteiger charge is 2.34. The first-order chi connectivity index (χ1) is 11.2. The third-order valence-electron chi connectivity index (χ3n) is 5.02. The monoisotopic (exact) mass is 361 g/mol. The molecule has 140 valence electrons. The van der Waals surface area contributed by atoms with Crippen molar-refractivity contribution in [2.45, 2.75) is 97.9 Å². The van der Waals surface area contributed by atoms with Crippen molar-refractivity contribution >= 4 is 17.0 Å². The molecule has 1 fully saturated rings. The van der Waals surface area contributed by atoms with Crippen molar-refractivity contribution in [2.24, 2.45) is 0 Å². The molecule has 3 heteroatoms. The van der Waals surface area contributed by atoms with E-state index in [9.17, 15) is 0 Å². The average Bonchev–Trinajstić information content (AvgIpc) is 2.62. The number of hydrogen-bond acceptors (Lipinski definition) is 1. The summed E-state index contributed by atoms with van der Waals surface area (Å²) in [6.07, 6.45) is 20.7. The molecule has 0 bridgehead atoms. The molecule has 0 radical (unpaired) electrons. The van der Waals surface area contributed by atoms with Crippen molar-refractivity contribution in [3.05, 3.63) is 0 Å². The second-order valence-corrected chi connectivity index (χ2v) is 13.3. The smallest absolute Gasteiger partial charge is 0.161 e. The fourth-order valence-corrected chi connectivity index (χ4v) is 9.79. The van der Waals surface area contributed by atoms with E-state index in [-0.39, 0.29) is 9.76 Å². The van der Waals surface area contributed by atoms with E-state index in [0.29, 0.717) is 0 Å². The summed E-state index contributed by atoms with van der Waals surface area (Å²) in [7, 11) is -0.554. The Morgan fingerprint density at radius 2 is 1.13 bits per heavy atom. The fraction of sp³-hybridized carbons (Fsp3) is 1.00. The molecule has 1 aliphatic heterocycles. The Kier molecular flexibility index (Phi) is 17.9. The highest BCUT2D eigenvalue weighted by Crippen LogP contribution is 2.61. The van der Waals surface area contributed by atoms with Gasteiger partial charge in [-0.25, -0.2) is 0 Å². The Hall–Kier alpha value is 0.607. The summed E-state index contributed by atoms with van der Waals surface area (Å²) >= 11 is 0. The third-order valence-corrected chi connectivity index (χ3v) is 11.4. The van der Waals surface area contributed by atoms with Crippen LogP contribution < -0.4 is 0 Å². The minimum atomic E-state index is -0.562. The Bertz CT molecular complexity index is 183. The molecule has 1 aliphatic rings. The van der Waals surface area contributed by atoms with Crippen LogP contribution >= 0.6 is 7.26 Å². The summed E-state index contributed by atoms with van der Waals surface area (Å²) in [6, 6.07) is 1.42. The molecule has 0 atom stereocenters. The fourth-order valence-electron chi connectivity index (χ4n) is 3.33. The highest BCUT2D eigenvalue weighted by atomic mass is 31.2. The van der Waals surface area contributed by atoms with Gasteiger partial charge < -0.3 is 4.43 Å². The Morgan fingerprint density at radius 3 is 1.30 bits per heavy atom. The molecule has 1 heterocycles. The third kappa shape index (κ3) is 13.6. The Morgan fingerprint density at radius 1 is 0.696 bits per heavy atom. The van der Waals surface area contributed by atoms with Crippen LogP contribution in [0.15, 0.2) is 0 Å². The van der Waals surface area contributed by atoms with Crippen LogP contribution in [0.4, 0.5) is 0 Å². The largest absolute Gasteiger partial charge is 0.424 e. The summed E-state index contributed by atoms with van der Waals surface area (Å²) in [5.41, 5.74) is 0. The van der Waals surface area contributed by atoms with Crippen molar-refractivity contribution in [3.63, 3.8) is 0 Å². The van der Waals surface area contributed by atoms with Crippen LogP contribution in [0.3, 0.4) is 0 Å². The van der Waals surface area contributed by atoms with Crippen molar-refractivity contribution in [3.8, 4) is 0 Å². The SMILES string of the molecule is C1CC[SiH2]OC1.CCCC[P+](CCCC)(CCCC)CCCC. The number of hydrogen-bond donors (Lipinski definition) is 0. The Balaban J connectivity index is 0.000000664. The van der Waals surface area contributed by atoms with E-state index in [1.807, 2.05) is 0 Å². The molecule has 0 aliphatic carbocycles. The average molecular weight is 362 g/mol. The first-order valence-electron chi connectivity index (χ1n) is 10.7. The molecular weight excluding hydrogens is 315 g/mol. The van der Waals surface area contributed by atoms with Gasteiger partial charge in [0, 0.05) is 13.9 Å². The molecular formula is C20H46OPSi+. The molecule has 1 saturated heterocycles. The molecule has 0 spiro atoms. The lowest BCUT2D eigenvalue weighted by Gasteiger charge is -2.28. The molecule has 1 rings (SSSR count). The molecule has 0 unspecified atom stereocenters. The normalized spacial score (nSPS) is 16.2. The van der Waals surface area contributed by atoms with Gasteiger partial charge in [-0.05, 0) is 38.1 Å². The van der Waals surface area contributed by atoms with Crippen LogP contribution in [0.25, 0.3) is 0 Å². The van der Waals surface area contributed by atoms with Crippen molar-refractivity contribution in [2.75, 3.05) is 31.3 Å². The van der Waals surface area contributed by atoms with Crippen LogP contribution in [-0.2, 0) is 4.43 Å². The predicted molar refractivity (Wildman–Crippen MR) is 115 cm³/mol. The van der Waals surface area contributed by atoms with Crippen molar-refractivity contribution in [1.82, 2.24) is 0 Å². The molecule has 0 aromatic heterocycles. The molecule has 0 aromatic rings. The minimum Gasteiger partial charge on any atom is -0.424 e. The summed E-state index contributed by atoms with van der Waals surface area (Å²) < 4.78 is 5.21. The van der Waals surface area contributed by atoms with Gasteiger partial charge in [-0.15, -0.1) is 0 Å². The molecule has 23 heavy (non-hydrogen) atoms. The van der Waals surface area contributed by atoms with Crippen LogP contribution in [0, 0.1) is 0 Å². The van der Waals surface area contributed by atoms with Gasteiger partial charge in [0.05, 0.1) is 24.6 Å². The van der Waals surface area contributed by atoms with Gasteiger partial charge in [0.1, 0.15) is 0 Å². The zero-order valence-corrected chi connectivity index (χ0v) is 19.2. The lowest BCUT2D eigenvalue weighted by molar-refractivity contribution is 0.304. The van der Waals surface area contributed by atoms with E-state index in [4.69, 9.17) is 4.43 Å². The van der Waals surface area contributed by atoms with Crippen LogP contribution in [0.1, 0.15) is 91.9 Å². The van der Waals surface area contributed by atoms with Gasteiger partial charge >= 0.3 is 0 Å². The summed E-state index contributed by atoms with van der Waals surface area (Å²) in [4.78, 5) is 0. The van der Waals surface area contributed by atoms with Crippen LogP contribution in [0.2, 0.25) is 6.04 Å². The van der Waals surface area contributed by atoms with Crippen LogP contribution in [0.5, 0.6) is 0 Å². The second kappa shape index (κ2) is 17.4. The molecule has 0 aromatic carbocycles. The van der Waals surface area contributed by atoms with E-state index >= 15 is 0 Å². The van der Waals surface area contributed by atoms with Crippen LogP contribution in [-0.4, -0.2) is 41.0 Å². The molecule has 1 nitrogen and oxygen atoms in total. The van der Waals surface area contributed by atoms with Gasteiger partial charge in [0.25, 0.3) is 0 Å².